The highest BCUT2D eigenvalue weighted by atomic mass is 16.5. The molecule has 5 nitrogen and oxygen atoms in total. The molecule has 2 atom stereocenters. The minimum atomic E-state index is 0.214. The SMILES string of the molecule is COc1ccc(OCCC(=O)N2CC[C@@H]3CNC[C@@H]3CC2)cc1. The Balaban J connectivity index is 1.42. The highest BCUT2D eigenvalue weighted by Crippen LogP contribution is 2.27. The molecular formula is C18H26N2O3. The van der Waals surface area contributed by atoms with Crippen LogP contribution in [0.1, 0.15) is 19.3 Å². The summed E-state index contributed by atoms with van der Waals surface area (Å²) in [6, 6.07) is 7.45. The number of ether oxygens (including phenoxy) is 2. The molecule has 0 aromatic heterocycles. The predicted molar refractivity (Wildman–Crippen MR) is 88.8 cm³/mol. The Morgan fingerprint density at radius 3 is 2.35 bits per heavy atom. The molecule has 2 fully saturated rings. The van der Waals surface area contributed by atoms with E-state index in [1.807, 2.05) is 29.2 Å². The van der Waals surface area contributed by atoms with Gasteiger partial charge in [0.25, 0.3) is 0 Å². The van der Waals surface area contributed by atoms with Crippen molar-refractivity contribution in [3.8, 4) is 11.5 Å². The fourth-order valence-corrected chi connectivity index (χ4v) is 3.55. The van der Waals surface area contributed by atoms with Gasteiger partial charge in [0, 0.05) is 13.1 Å². The van der Waals surface area contributed by atoms with Crippen LogP contribution in [0, 0.1) is 11.8 Å². The molecule has 0 aliphatic carbocycles. The maximum atomic E-state index is 12.4. The van der Waals surface area contributed by atoms with Gasteiger partial charge >= 0.3 is 0 Å². The van der Waals surface area contributed by atoms with E-state index in [9.17, 15) is 4.79 Å². The summed E-state index contributed by atoms with van der Waals surface area (Å²) in [6.07, 6.45) is 2.70. The third-order valence-electron chi connectivity index (χ3n) is 5.02. The van der Waals surface area contributed by atoms with E-state index in [4.69, 9.17) is 9.47 Å². The zero-order valence-corrected chi connectivity index (χ0v) is 13.8. The number of benzene rings is 1. The van der Waals surface area contributed by atoms with Crippen LogP contribution in [0.3, 0.4) is 0 Å². The molecule has 2 saturated heterocycles. The number of hydrogen-bond acceptors (Lipinski definition) is 4. The van der Waals surface area contributed by atoms with E-state index in [-0.39, 0.29) is 5.91 Å². The van der Waals surface area contributed by atoms with Gasteiger partial charge in [0.1, 0.15) is 11.5 Å². The maximum Gasteiger partial charge on any atom is 0.225 e. The van der Waals surface area contributed by atoms with Crippen molar-refractivity contribution >= 4 is 5.91 Å². The van der Waals surface area contributed by atoms with Crippen molar-refractivity contribution < 1.29 is 14.3 Å². The number of carbonyl (C=O) groups is 1. The summed E-state index contributed by atoms with van der Waals surface area (Å²) in [5.41, 5.74) is 0. The summed E-state index contributed by atoms with van der Waals surface area (Å²) in [5.74, 6) is 3.30. The molecule has 3 rings (SSSR count). The van der Waals surface area contributed by atoms with Crippen molar-refractivity contribution in [2.45, 2.75) is 19.3 Å². The summed E-state index contributed by atoms with van der Waals surface area (Å²) >= 11 is 0. The van der Waals surface area contributed by atoms with Crippen molar-refractivity contribution in [3.05, 3.63) is 24.3 Å². The van der Waals surface area contributed by atoms with Crippen LogP contribution in [0.15, 0.2) is 24.3 Å². The molecule has 23 heavy (non-hydrogen) atoms. The van der Waals surface area contributed by atoms with E-state index >= 15 is 0 Å². The van der Waals surface area contributed by atoms with Gasteiger partial charge < -0.3 is 19.7 Å². The zero-order chi connectivity index (χ0) is 16.1. The van der Waals surface area contributed by atoms with Gasteiger partial charge in [-0.3, -0.25) is 4.79 Å². The molecule has 126 valence electrons. The Bertz CT molecular complexity index is 504. The number of fused-ring (bicyclic) bond motifs is 1. The normalized spacial score (nSPS) is 24.0. The van der Waals surface area contributed by atoms with Crippen molar-refractivity contribution in [1.82, 2.24) is 10.2 Å². The van der Waals surface area contributed by atoms with E-state index in [1.165, 1.54) is 0 Å². The second-order valence-electron chi connectivity index (χ2n) is 6.41. The third-order valence-corrected chi connectivity index (χ3v) is 5.02. The number of nitrogens with zero attached hydrogens (tertiary/aromatic N) is 1. The number of methoxy groups -OCH3 is 1. The molecule has 1 N–H and O–H groups in total. The van der Waals surface area contributed by atoms with Crippen LogP contribution < -0.4 is 14.8 Å². The van der Waals surface area contributed by atoms with Crippen molar-refractivity contribution in [2.24, 2.45) is 11.8 Å². The lowest BCUT2D eigenvalue weighted by Gasteiger charge is -2.21. The number of carbonyl (C=O) groups excluding carboxylic acids is 1. The number of amides is 1. The minimum absolute atomic E-state index is 0.214. The van der Waals surface area contributed by atoms with Gasteiger partial charge in [0.2, 0.25) is 5.91 Å². The molecule has 0 bridgehead atoms. The molecule has 5 heteroatoms. The molecule has 1 amide bonds. The molecule has 0 spiro atoms. The van der Waals surface area contributed by atoms with E-state index in [1.54, 1.807) is 7.11 Å². The summed E-state index contributed by atoms with van der Waals surface area (Å²) in [7, 11) is 1.64. The lowest BCUT2D eigenvalue weighted by atomic mass is 9.92. The second-order valence-corrected chi connectivity index (χ2v) is 6.41. The van der Waals surface area contributed by atoms with Crippen LogP contribution in [0.4, 0.5) is 0 Å². The van der Waals surface area contributed by atoms with Crippen LogP contribution in [-0.4, -0.2) is 50.7 Å². The van der Waals surface area contributed by atoms with Gasteiger partial charge in [0.15, 0.2) is 0 Å². The average Bonchev–Trinajstić information content (AvgIpc) is 2.93. The Morgan fingerprint density at radius 1 is 1.13 bits per heavy atom. The molecule has 0 saturated carbocycles. The molecule has 2 aliphatic rings. The Labute approximate surface area is 137 Å². The first-order chi connectivity index (χ1) is 11.3. The van der Waals surface area contributed by atoms with E-state index < -0.39 is 0 Å². The summed E-state index contributed by atoms with van der Waals surface area (Å²) < 4.78 is 10.8. The number of nitrogens with one attached hydrogen (secondary N) is 1. The molecule has 2 aliphatic heterocycles. The standard InChI is InChI=1S/C18H26N2O3/c1-22-16-2-4-17(5-3-16)23-11-8-18(21)20-9-6-14-12-19-13-15(14)7-10-20/h2-5,14-15,19H,6-13H2,1H3/t14-,15+. The van der Waals surface area contributed by atoms with Crippen molar-refractivity contribution in [3.63, 3.8) is 0 Å². The average molecular weight is 318 g/mol. The molecular weight excluding hydrogens is 292 g/mol. The monoisotopic (exact) mass is 318 g/mol. The van der Waals surface area contributed by atoms with Gasteiger partial charge in [0.05, 0.1) is 20.1 Å². The Morgan fingerprint density at radius 2 is 1.74 bits per heavy atom. The first kappa shape index (κ1) is 16.1. The Hall–Kier alpha value is -1.75. The lowest BCUT2D eigenvalue weighted by molar-refractivity contribution is -0.131. The van der Waals surface area contributed by atoms with Crippen LogP contribution in [0.5, 0.6) is 11.5 Å². The van der Waals surface area contributed by atoms with E-state index in [0.29, 0.717) is 13.0 Å². The first-order valence-corrected chi connectivity index (χ1v) is 8.51. The van der Waals surface area contributed by atoms with E-state index in [2.05, 4.69) is 5.32 Å². The summed E-state index contributed by atoms with van der Waals surface area (Å²) in [5, 5.41) is 3.46. The van der Waals surface area contributed by atoms with Crippen molar-refractivity contribution in [1.29, 1.82) is 0 Å². The third kappa shape index (κ3) is 4.16. The number of likely N-dealkylation sites (tertiary alicyclic amines) is 1. The Kier molecular flexibility index (Phi) is 5.39. The largest absolute Gasteiger partial charge is 0.497 e. The highest BCUT2D eigenvalue weighted by molar-refractivity contribution is 5.76. The highest BCUT2D eigenvalue weighted by Gasteiger charge is 2.31. The molecule has 0 radical (unpaired) electrons. The summed E-state index contributed by atoms with van der Waals surface area (Å²) in [6.45, 7) is 4.45. The van der Waals surface area contributed by atoms with Crippen LogP contribution >= 0.6 is 0 Å². The summed E-state index contributed by atoms with van der Waals surface area (Å²) in [4.78, 5) is 14.4. The molecule has 1 aromatic rings. The minimum Gasteiger partial charge on any atom is -0.497 e. The zero-order valence-electron chi connectivity index (χ0n) is 13.8. The van der Waals surface area contributed by atoms with Gasteiger partial charge in [-0.05, 0) is 62.0 Å². The van der Waals surface area contributed by atoms with Gasteiger partial charge in [-0.25, -0.2) is 0 Å². The van der Waals surface area contributed by atoms with Crippen LogP contribution in [0.2, 0.25) is 0 Å². The fourth-order valence-electron chi connectivity index (χ4n) is 3.55. The second kappa shape index (κ2) is 7.68. The fraction of sp³-hybridized carbons (Fsp3) is 0.611. The first-order valence-electron chi connectivity index (χ1n) is 8.51. The molecule has 2 heterocycles. The quantitative estimate of drug-likeness (QED) is 0.901. The van der Waals surface area contributed by atoms with Crippen molar-refractivity contribution in [2.75, 3.05) is 39.9 Å². The van der Waals surface area contributed by atoms with Gasteiger partial charge in [-0.2, -0.15) is 0 Å². The lowest BCUT2D eigenvalue weighted by Crippen LogP contribution is -2.33. The maximum absolute atomic E-state index is 12.4. The molecule has 1 aromatic carbocycles. The van der Waals surface area contributed by atoms with Crippen LogP contribution in [0.25, 0.3) is 0 Å². The van der Waals surface area contributed by atoms with Crippen LogP contribution in [-0.2, 0) is 4.79 Å². The van der Waals surface area contributed by atoms with E-state index in [0.717, 1.165) is 62.4 Å². The topological polar surface area (TPSA) is 50.8 Å². The van der Waals surface area contributed by atoms with Gasteiger partial charge in [-0.1, -0.05) is 0 Å². The molecule has 0 unspecified atom stereocenters. The van der Waals surface area contributed by atoms with Gasteiger partial charge in [-0.15, -0.1) is 0 Å². The smallest absolute Gasteiger partial charge is 0.225 e. The number of rotatable bonds is 5. The predicted octanol–water partition coefficient (Wildman–Crippen LogP) is 1.92. The number of hydrogen-bond donors (Lipinski definition) is 1.